The van der Waals surface area contributed by atoms with E-state index in [2.05, 4.69) is 4.99 Å². The molecular formula is C12H15NO2. The Hall–Kier alpha value is -1.51. The van der Waals surface area contributed by atoms with Gasteiger partial charge in [-0.2, -0.15) is 0 Å². The molecule has 0 N–H and O–H groups in total. The molecule has 3 nitrogen and oxygen atoms in total. The van der Waals surface area contributed by atoms with Crippen LogP contribution < -0.4 is 4.74 Å². The molecule has 3 heteroatoms. The van der Waals surface area contributed by atoms with E-state index >= 15 is 0 Å². The van der Waals surface area contributed by atoms with Crippen molar-refractivity contribution in [2.45, 2.75) is 19.4 Å². The summed E-state index contributed by atoms with van der Waals surface area (Å²) in [5.74, 6) is 1.16. The summed E-state index contributed by atoms with van der Waals surface area (Å²) in [6.45, 7) is 4.64. The standard InChI is InChI=1S/C12H15NO2/c1-12(2)8-15-11(13-12)9-5-4-6-10(7-9)14-3/h4-7H,8H2,1-3H3/i6D. The maximum Gasteiger partial charge on any atom is 0.216 e. The van der Waals surface area contributed by atoms with E-state index in [1.54, 1.807) is 19.2 Å². The van der Waals surface area contributed by atoms with Gasteiger partial charge in [0.05, 0.1) is 14.0 Å². The zero-order valence-electron chi connectivity index (χ0n) is 10.2. The molecule has 1 aromatic rings. The molecule has 0 aliphatic carbocycles. The number of ether oxygens (including phenoxy) is 2. The van der Waals surface area contributed by atoms with Gasteiger partial charge >= 0.3 is 0 Å². The van der Waals surface area contributed by atoms with Crippen molar-refractivity contribution in [3.63, 3.8) is 0 Å². The van der Waals surface area contributed by atoms with Gasteiger partial charge in [-0.15, -0.1) is 0 Å². The van der Waals surface area contributed by atoms with Crippen LogP contribution in [0, 0.1) is 0 Å². The topological polar surface area (TPSA) is 30.8 Å². The Morgan fingerprint density at radius 1 is 1.60 bits per heavy atom. The molecule has 0 aromatic heterocycles. The second kappa shape index (κ2) is 3.57. The summed E-state index contributed by atoms with van der Waals surface area (Å²) >= 11 is 0. The molecule has 0 saturated carbocycles. The van der Waals surface area contributed by atoms with Gasteiger partial charge in [-0.25, -0.2) is 4.99 Å². The summed E-state index contributed by atoms with van der Waals surface area (Å²) in [5, 5.41) is 0. The van der Waals surface area contributed by atoms with Crippen LogP contribution in [-0.4, -0.2) is 25.2 Å². The van der Waals surface area contributed by atoms with Gasteiger partial charge in [-0.3, -0.25) is 0 Å². The minimum absolute atomic E-state index is 0.164. The Bertz CT molecular complexity index is 441. The molecule has 0 amide bonds. The molecule has 0 fully saturated rings. The van der Waals surface area contributed by atoms with Crippen molar-refractivity contribution >= 4 is 5.90 Å². The molecule has 1 aliphatic heterocycles. The van der Waals surface area contributed by atoms with Crippen LogP contribution in [0.4, 0.5) is 0 Å². The quantitative estimate of drug-likeness (QED) is 0.743. The van der Waals surface area contributed by atoms with Gasteiger partial charge in [-0.1, -0.05) is 6.07 Å². The lowest BCUT2D eigenvalue weighted by Crippen LogP contribution is -2.17. The van der Waals surface area contributed by atoms with Crippen molar-refractivity contribution in [2.75, 3.05) is 13.7 Å². The lowest BCUT2D eigenvalue weighted by molar-refractivity contribution is 0.279. The van der Waals surface area contributed by atoms with Crippen molar-refractivity contribution in [3.05, 3.63) is 29.8 Å². The molecule has 80 valence electrons. The van der Waals surface area contributed by atoms with Crippen molar-refractivity contribution in [2.24, 2.45) is 4.99 Å². The van der Waals surface area contributed by atoms with Crippen LogP contribution in [0.5, 0.6) is 5.75 Å². The third kappa shape index (κ3) is 2.12. The minimum atomic E-state index is -0.164. The Morgan fingerprint density at radius 3 is 3.00 bits per heavy atom. The molecule has 0 atom stereocenters. The van der Waals surface area contributed by atoms with Crippen LogP contribution in [0.25, 0.3) is 0 Å². The number of hydrogen-bond acceptors (Lipinski definition) is 3. The zero-order valence-corrected chi connectivity index (χ0v) is 9.20. The maximum absolute atomic E-state index is 7.61. The average Bonchev–Trinajstić information content (AvgIpc) is 2.59. The summed E-state index contributed by atoms with van der Waals surface area (Å²) in [5.41, 5.74) is 0.695. The van der Waals surface area contributed by atoms with E-state index in [4.69, 9.17) is 10.8 Å². The molecule has 1 aromatic carbocycles. The number of benzene rings is 1. The van der Waals surface area contributed by atoms with E-state index in [9.17, 15) is 0 Å². The lowest BCUT2D eigenvalue weighted by atomic mass is 10.1. The highest BCUT2D eigenvalue weighted by Crippen LogP contribution is 2.22. The molecule has 0 bridgehead atoms. The first-order valence-corrected chi connectivity index (χ1v) is 4.89. The van der Waals surface area contributed by atoms with E-state index < -0.39 is 0 Å². The number of nitrogens with zero attached hydrogens (tertiary/aromatic N) is 1. The monoisotopic (exact) mass is 206 g/mol. The molecule has 2 rings (SSSR count). The van der Waals surface area contributed by atoms with Crippen LogP contribution in [0.2, 0.25) is 0 Å². The summed E-state index contributed by atoms with van der Waals surface area (Å²) < 4.78 is 18.2. The van der Waals surface area contributed by atoms with E-state index in [-0.39, 0.29) is 5.54 Å². The van der Waals surface area contributed by atoms with Crippen LogP contribution in [0.1, 0.15) is 20.8 Å². The van der Waals surface area contributed by atoms with E-state index in [1.165, 1.54) is 0 Å². The van der Waals surface area contributed by atoms with Crippen LogP contribution in [0.15, 0.2) is 29.2 Å². The maximum atomic E-state index is 7.61. The molecular weight excluding hydrogens is 190 g/mol. The fourth-order valence-corrected chi connectivity index (χ4v) is 1.43. The fraction of sp³-hybridized carbons (Fsp3) is 0.417. The fourth-order valence-electron chi connectivity index (χ4n) is 1.43. The largest absolute Gasteiger partial charge is 0.497 e. The number of hydrogen-bond donors (Lipinski definition) is 0. The summed E-state index contributed by atoms with van der Waals surface area (Å²) in [4.78, 5) is 4.47. The van der Waals surface area contributed by atoms with Crippen LogP contribution >= 0.6 is 0 Å². The van der Waals surface area contributed by atoms with Gasteiger partial charge in [0.15, 0.2) is 0 Å². The first-order chi connectivity index (χ1) is 7.52. The Morgan fingerprint density at radius 2 is 2.40 bits per heavy atom. The van der Waals surface area contributed by atoms with Gasteiger partial charge in [0.25, 0.3) is 0 Å². The van der Waals surface area contributed by atoms with Crippen molar-refractivity contribution in [1.82, 2.24) is 0 Å². The van der Waals surface area contributed by atoms with Gasteiger partial charge < -0.3 is 9.47 Å². The normalized spacial score (nSPS) is 19.1. The SMILES string of the molecule is [2H]c1ccc(C2=NC(C)(C)CO2)cc1OC. The van der Waals surface area contributed by atoms with Gasteiger partial charge in [0, 0.05) is 5.56 Å². The first-order valence-electron chi connectivity index (χ1n) is 5.39. The Kier molecular flexibility index (Phi) is 2.09. The molecule has 1 heterocycles. The van der Waals surface area contributed by atoms with Crippen LogP contribution in [-0.2, 0) is 4.74 Å². The molecule has 15 heavy (non-hydrogen) atoms. The Labute approximate surface area is 91.1 Å². The molecule has 0 radical (unpaired) electrons. The van der Waals surface area contributed by atoms with E-state index in [0.29, 0.717) is 24.3 Å². The van der Waals surface area contributed by atoms with E-state index in [1.807, 2.05) is 19.9 Å². The number of aliphatic imine (C=N–C) groups is 1. The lowest BCUT2D eigenvalue weighted by Gasteiger charge is -2.07. The zero-order chi connectivity index (χ0) is 11.8. The average molecular weight is 206 g/mol. The third-order valence-corrected chi connectivity index (χ3v) is 2.21. The third-order valence-electron chi connectivity index (χ3n) is 2.21. The summed E-state index contributed by atoms with van der Waals surface area (Å²) in [7, 11) is 1.55. The predicted molar refractivity (Wildman–Crippen MR) is 59.6 cm³/mol. The second-order valence-electron chi connectivity index (χ2n) is 4.16. The first kappa shape index (κ1) is 8.77. The minimum Gasteiger partial charge on any atom is -0.497 e. The molecule has 1 aliphatic rings. The van der Waals surface area contributed by atoms with Gasteiger partial charge in [0.1, 0.15) is 12.4 Å². The molecule has 0 unspecified atom stereocenters. The van der Waals surface area contributed by atoms with Crippen molar-refractivity contribution < 1.29 is 10.8 Å². The second-order valence-corrected chi connectivity index (χ2v) is 4.16. The van der Waals surface area contributed by atoms with Gasteiger partial charge in [-0.05, 0) is 32.0 Å². The molecule has 0 spiro atoms. The van der Waals surface area contributed by atoms with Gasteiger partial charge in [0.2, 0.25) is 5.90 Å². The molecule has 0 saturated heterocycles. The predicted octanol–water partition coefficient (Wildman–Crippen LogP) is 2.25. The highest BCUT2D eigenvalue weighted by atomic mass is 16.5. The highest BCUT2D eigenvalue weighted by Gasteiger charge is 2.26. The van der Waals surface area contributed by atoms with Crippen LogP contribution in [0.3, 0.4) is 0 Å². The number of methoxy groups -OCH3 is 1. The van der Waals surface area contributed by atoms with E-state index in [0.717, 1.165) is 5.56 Å². The Balaban J connectivity index is 2.35. The van der Waals surface area contributed by atoms with Crippen molar-refractivity contribution in [1.29, 1.82) is 0 Å². The summed E-state index contributed by atoms with van der Waals surface area (Å²) in [6, 6.07) is 5.66. The number of rotatable bonds is 2. The highest BCUT2D eigenvalue weighted by molar-refractivity contribution is 5.95. The summed E-state index contributed by atoms with van der Waals surface area (Å²) in [6.07, 6.45) is 0. The smallest absolute Gasteiger partial charge is 0.216 e. The van der Waals surface area contributed by atoms with Crippen molar-refractivity contribution in [3.8, 4) is 5.75 Å².